The number of carbonyl (C=O) groups is 1. The number of carboxylic acid groups (broad SMARTS) is 1. The molecule has 0 bridgehead atoms. The summed E-state index contributed by atoms with van der Waals surface area (Å²) in [6, 6.07) is 13.8. The van der Waals surface area contributed by atoms with Crippen LogP contribution in [0.1, 0.15) is 41.3 Å². The van der Waals surface area contributed by atoms with Crippen molar-refractivity contribution in [3.8, 4) is 0 Å². The summed E-state index contributed by atoms with van der Waals surface area (Å²) in [4.78, 5) is 13.1. The first-order valence-corrected chi connectivity index (χ1v) is 7.41. The Kier molecular flexibility index (Phi) is 4.50. The number of aryl methyl sites for hydroxylation is 1. The van der Waals surface area contributed by atoms with E-state index in [1.54, 1.807) is 6.07 Å². The van der Waals surface area contributed by atoms with Crippen LogP contribution in [0.4, 0.5) is 0 Å². The number of benzene rings is 2. The Balaban J connectivity index is 2.28. The van der Waals surface area contributed by atoms with Gasteiger partial charge in [0.25, 0.3) is 0 Å². The van der Waals surface area contributed by atoms with E-state index in [0.29, 0.717) is 11.5 Å². The maximum Gasteiger partial charge on any atom is 0.336 e. The van der Waals surface area contributed by atoms with Crippen molar-refractivity contribution in [2.75, 3.05) is 0 Å². The number of carboxylic acids is 1. The van der Waals surface area contributed by atoms with Gasteiger partial charge in [-0.3, -0.25) is 0 Å². The zero-order valence-electron chi connectivity index (χ0n) is 11.9. The van der Waals surface area contributed by atoms with E-state index in [0.717, 1.165) is 15.4 Å². The summed E-state index contributed by atoms with van der Waals surface area (Å²) in [6.07, 6.45) is 0. The second kappa shape index (κ2) is 6.14. The van der Waals surface area contributed by atoms with E-state index in [4.69, 9.17) is 0 Å². The van der Waals surface area contributed by atoms with Gasteiger partial charge in [0.05, 0.1) is 5.56 Å². The van der Waals surface area contributed by atoms with E-state index in [-0.39, 0.29) is 0 Å². The van der Waals surface area contributed by atoms with E-state index in [1.165, 1.54) is 17.3 Å². The van der Waals surface area contributed by atoms with Crippen LogP contribution in [-0.2, 0) is 0 Å². The van der Waals surface area contributed by atoms with Gasteiger partial charge >= 0.3 is 5.97 Å². The molecule has 0 amide bonds. The van der Waals surface area contributed by atoms with Crippen LogP contribution in [0.3, 0.4) is 0 Å². The minimum absolute atomic E-state index is 0.364. The molecule has 0 fully saturated rings. The molecule has 0 saturated carbocycles. The maximum absolute atomic E-state index is 11.3. The average molecular weight is 286 g/mol. The molecule has 3 heteroatoms. The molecule has 2 rings (SSSR count). The monoisotopic (exact) mass is 286 g/mol. The Hall–Kier alpha value is -1.74. The van der Waals surface area contributed by atoms with E-state index in [1.807, 2.05) is 31.2 Å². The Morgan fingerprint density at radius 1 is 1.10 bits per heavy atom. The van der Waals surface area contributed by atoms with Gasteiger partial charge in [-0.2, -0.15) is 0 Å². The number of rotatable bonds is 4. The highest BCUT2D eigenvalue weighted by atomic mass is 32.2. The van der Waals surface area contributed by atoms with Crippen molar-refractivity contribution >= 4 is 17.7 Å². The molecule has 0 aliphatic rings. The molecule has 0 saturated heterocycles. The lowest BCUT2D eigenvalue weighted by atomic mass is 10.0. The van der Waals surface area contributed by atoms with E-state index >= 15 is 0 Å². The predicted molar refractivity (Wildman–Crippen MR) is 82.8 cm³/mol. The first-order chi connectivity index (χ1) is 9.47. The van der Waals surface area contributed by atoms with Crippen LogP contribution >= 0.6 is 11.8 Å². The van der Waals surface area contributed by atoms with Crippen molar-refractivity contribution in [3.63, 3.8) is 0 Å². The zero-order valence-corrected chi connectivity index (χ0v) is 12.7. The third-order valence-corrected chi connectivity index (χ3v) is 4.22. The highest BCUT2D eigenvalue weighted by molar-refractivity contribution is 7.99. The molecule has 0 heterocycles. The quantitative estimate of drug-likeness (QED) is 0.862. The highest BCUT2D eigenvalue weighted by Gasteiger charge is 2.11. The summed E-state index contributed by atoms with van der Waals surface area (Å²) in [5.74, 6) is -0.377. The Labute approximate surface area is 123 Å². The molecule has 0 radical (unpaired) electrons. The van der Waals surface area contributed by atoms with Gasteiger partial charge in [-0.15, -0.1) is 0 Å². The van der Waals surface area contributed by atoms with Crippen molar-refractivity contribution in [3.05, 3.63) is 59.2 Å². The fourth-order valence-corrected chi connectivity index (χ4v) is 2.87. The van der Waals surface area contributed by atoms with Crippen LogP contribution < -0.4 is 0 Å². The van der Waals surface area contributed by atoms with Crippen LogP contribution in [-0.4, -0.2) is 11.1 Å². The second-order valence-corrected chi connectivity index (χ2v) is 6.25. The largest absolute Gasteiger partial charge is 0.478 e. The number of hydrogen-bond acceptors (Lipinski definition) is 2. The first-order valence-electron chi connectivity index (χ1n) is 6.59. The summed E-state index contributed by atoms with van der Waals surface area (Å²) < 4.78 is 0. The average Bonchev–Trinajstić information content (AvgIpc) is 2.41. The molecule has 20 heavy (non-hydrogen) atoms. The van der Waals surface area contributed by atoms with Crippen molar-refractivity contribution in [1.29, 1.82) is 0 Å². The Morgan fingerprint density at radius 2 is 1.75 bits per heavy atom. The molecule has 0 atom stereocenters. The Morgan fingerprint density at radius 3 is 2.30 bits per heavy atom. The van der Waals surface area contributed by atoms with Crippen LogP contribution in [0.15, 0.2) is 52.3 Å². The normalized spacial score (nSPS) is 10.8. The molecule has 2 aromatic rings. The smallest absolute Gasteiger partial charge is 0.336 e. The summed E-state index contributed by atoms with van der Waals surface area (Å²) in [5, 5.41) is 9.27. The highest BCUT2D eigenvalue weighted by Crippen LogP contribution is 2.32. The third kappa shape index (κ3) is 3.42. The van der Waals surface area contributed by atoms with E-state index in [9.17, 15) is 9.90 Å². The van der Waals surface area contributed by atoms with E-state index in [2.05, 4.69) is 26.0 Å². The summed E-state index contributed by atoms with van der Waals surface area (Å²) in [5.41, 5.74) is 2.61. The fraction of sp³-hybridized carbons (Fsp3) is 0.235. The topological polar surface area (TPSA) is 37.3 Å². The molecule has 0 aliphatic heterocycles. The van der Waals surface area contributed by atoms with Gasteiger partial charge in [-0.1, -0.05) is 49.4 Å². The van der Waals surface area contributed by atoms with Gasteiger partial charge in [0.2, 0.25) is 0 Å². The van der Waals surface area contributed by atoms with Gasteiger partial charge in [0.1, 0.15) is 0 Å². The lowest BCUT2D eigenvalue weighted by Gasteiger charge is -2.09. The molecule has 1 N–H and O–H groups in total. The maximum atomic E-state index is 11.3. The Bertz CT molecular complexity index is 615. The van der Waals surface area contributed by atoms with Crippen LogP contribution in [0, 0.1) is 6.92 Å². The van der Waals surface area contributed by atoms with Gasteiger partial charge in [-0.05, 0) is 42.7 Å². The van der Waals surface area contributed by atoms with Crippen LogP contribution in [0.5, 0.6) is 0 Å². The standard InChI is InChI=1S/C17H18O2S/c1-11(2)13-5-7-14(8-6-13)20-16-9-4-12(3)10-15(16)17(18)19/h4-11H,1-3H3,(H,18,19). The van der Waals surface area contributed by atoms with Gasteiger partial charge < -0.3 is 5.11 Å². The van der Waals surface area contributed by atoms with E-state index < -0.39 is 5.97 Å². The molecule has 0 aromatic heterocycles. The zero-order chi connectivity index (χ0) is 14.7. The molecule has 0 unspecified atom stereocenters. The van der Waals surface area contributed by atoms with Gasteiger partial charge in [0, 0.05) is 9.79 Å². The first kappa shape index (κ1) is 14.7. The second-order valence-electron chi connectivity index (χ2n) is 5.13. The van der Waals surface area contributed by atoms with Crippen molar-refractivity contribution in [2.45, 2.75) is 36.5 Å². The van der Waals surface area contributed by atoms with Crippen molar-refractivity contribution in [2.24, 2.45) is 0 Å². The minimum Gasteiger partial charge on any atom is -0.478 e. The molecular weight excluding hydrogens is 268 g/mol. The summed E-state index contributed by atoms with van der Waals surface area (Å²) in [6.45, 7) is 6.22. The van der Waals surface area contributed by atoms with Crippen LogP contribution in [0.25, 0.3) is 0 Å². The molecule has 0 spiro atoms. The molecule has 0 aliphatic carbocycles. The summed E-state index contributed by atoms with van der Waals surface area (Å²) >= 11 is 1.49. The van der Waals surface area contributed by atoms with Crippen LogP contribution in [0.2, 0.25) is 0 Å². The SMILES string of the molecule is Cc1ccc(Sc2ccc(C(C)C)cc2)c(C(=O)O)c1. The molecular formula is C17H18O2S. The fourth-order valence-electron chi connectivity index (χ4n) is 1.95. The molecule has 104 valence electrons. The van der Waals surface area contributed by atoms with Gasteiger partial charge in [0.15, 0.2) is 0 Å². The summed E-state index contributed by atoms with van der Waals surface area (Å²) in [7, 11) is 0. The lowest BCUT2D eigenvalue weighted by Crippen LogP contribution is -1.99. The minimum atomic E-state index is -0.880. The predicted octanol–water partition coefficient (Wildman–Crippen LogP) is 4.97. The van der Waals surface area contributed by atoms with Crippen molar-refractivity contribution < 1.29 is 9.90 Å². The van der Waals surface area contributed by atoms with Gasteiger partial charge in [-0.25, -0.2) is 4.79 Å². The third-order valence-electron chi connectivity index (χ3n) is 3.14. The molecule has 2 aromatic carbocycles. The van der Waals surface area contributed by atoms with Crippen molar-refractivity contribution in [1.82, 2.24) is 0 Å². The number of aromatic carboxylic acids is 1. The lowest BCUT2D eigenvalue weighted by molar-refractivity contribution is 0.0693. The number of hydrogen-bond donors (Lipinski definition) is 1. The molecule has 2 nitrogen and oxygen atoms in total.